The van der Waals surface area contributed by atoms with Crippen molar-refractivity contribution in [2.45, 2.75) is 18.6 Å². The number of rotatable bonds is 6. The van der Waals surface area contributed by atoms with Gasteiger partial charge >= 0.3 is 0 Å². The van der Waals surface area contributed by atoms with Crippen LogP contribution in [0.15, 0.2) is 48.5 Å². The van der Waals surface area contributed by atoms with Gasteiger partial charge in [0.05, 0.1) is 26.4 Å². The summed E-state index contributed by atoms with van der Waals surface area (Å²) in [6.07, 6.45) is -1.22. The van der Waals surface area contributed by atoms with E-state index in [1.54, 1.807) is 62.8 Å². The van der Waals surface area contributed by atoms with E-state index in [4.69, 9.17) is 9.47 Å². The van der Waals surface area contributed by atoms with Gasteiger partial charge in [0.15, 0.2) is 0 Å². The van der Waals surface area contributed by atoms with Gasteiger partial charge in [0.25, 0.3) is 0 Å². The Morgan fingerprint density at radius 3 is 1.33 bits per heavy atom. The lowest BCUT2D eigenvalue weighted by molar-refractivity contribution is 0.0804. The number of ether oxygens (including phenoxy) is 2. The Kier molecular flexibility index (Phi) is 5.20. The maximum absolute atomic E-state index is 10.2. The molecule has 2 N–H and O–H groups in total. The average molecular weight is 288 g/mol. The van der Waals surface area contributed by atoms with Crippen molar-refractivity contribution in [1.82, 2.24) is 0 Å². The molecule has 2 rings (SSSR count). The molecule has 0 aliphatic rings. The molecule has 2 aromatic carbocycles. The minimum Gasteiger partial charge on any atom is -0.497 e. The molecule has 4 heteroatoms. The van der Waals surface area contributed by atoms with E-state index in [-0.39, 0.29) is 6.42 Å². The average Bonchev–Trinajstić information content (AvgIpc) is 2.55. The molecule has 4 nitrogen and oxygen atoms in total. The van der Waals surface area contributed by atoms with Gasteiger partial charge in [0.1, 0.15) is 11.5 Å². The van der Waals surface area contributed by atoms with Crippen LogP contribution in [-0.2, 0) is 0 Å². The van der Waals surface area contributed by atoms with Gasteiger partial charge < -0.3 is 19.7 Å². The summed E-state index contributed by atoms with van der Waals surface area (Å²) in [5, 5.41) is 20.4. The second kappa shape index (κ2) is 7.11. The van der Waals surface area contributed by atoms with Crippen LogP contribution in [0.1, 0.15) is 29.8 Å². The summed E-state index contributed by atoms with van der Waals surface area (Å²) in [5.74, 6) is 1.48. The van der Waals surface area contributed by atoms with Crippen LogP contribution < -0.4 is 9.47 Å². The predicted octanol–water partition coefficient (Wildman–Crippen LogP) is 2.86. The largest absolute Gasteiger partial charge is 0.497 e. The summed E-state index contributed by atoms with van der Waals surface area (Å²) in [4.78, 5) is 0. The SMILES string of the molecule is COc1ccc([C@H](O)C[C@@H](O)c2ccc(OC)cc2)cc1. The lowest BCUT2D eigenvalue weighted by Crippen LogP contribution is -2.05. The van der Waals surface area contributed by atoms with E-state index in [1.165, 1.54) is 0 Å². The van der Waals surface area contributed by atoms with Crippen molar-refractivity contribution in [2.75, 3.05) is 14.2 Å². The fourth-order valence-corrected chi connectivity index (χ4v) is 2.14. The van der Waals surface area contributed by atoms with E-state index in [0.29, 0.717) is 0 Å². The van der Waals surface area contributed by atoms with Crippen molar-refractivity contribution in [2.24, 2.45) is 0 Å². The summed E-state index contributed by atoms with van der Waals surface area (Å²) in [5.41, 5.74) is 1.51. The van der Waals surface area contributed by atoms with Crippen LogP contribution in [0.4, 0.5) is 0 Å². The highest BCUT2D eigenvalue weighted by atomic mass is 16.5. The topological polar surface area (TPSA) is 58.9 Å². The quantitative estimate of drug-likeness (QED) is 0.858. The van der Waals surface area contributed by atoms with E-state index in [2.05, 4.69) is 0 Å². The van der Waals surface area contributed by atoms with Crippen LogP contribution >= 0.6 is 0 Å². The first-order valence-electron chi connectivity index (χ1n) is 6.78. The van der Waals surface area contributed by atoms with Crippen LogP contribution in [-0.4, -0.2) is 24.4 Å². The Bertz CT molecular complexity index is 497. The zero-order valence-electron chi connectivity index (χ0n) is 12.2. The van der Waals surface area contributed by atoms with Gasteiger partial charge in [-0.05, 0) is 35.4 Å². The molecular weight excluding hydrogens is 268 g/mol. The second-order valence-electron chi connectivity index (χ2n) is 4.81. The molecule has 0 bridgehead atoms. The number of benzene rings is 2. The molecule has 0 radical (unpaired) electrons. The summed E-state index contributed by atoms with van der Waals surface area (Å²) in [7, 11) is 3.19. The molecule has 2 atom stereocenters. The Hall–Kier alpha value is -2.04. The van der Waals surface area contributed by atoms with Gasteiger partial charge in [-0.25, -0.2) is 0 Å². The molecule has 21 heavy (non-hydrogen) atoms. The fourth-order valence-electron chi connectivity index (χ4n) is 2.14. The van der Waals surface area contributed by atoms with E-state index in [9.17, 15) is 10.2 Å². The van der Waals surface area contributed by atoms with Gasteiger partial charge in [-0.15, -0.1) is 0 Å². The van der Waals surface area contributed by atoms with Crippen molar-refractivity contribution in [3.8, 4) is 11.5 Å². The number of methoxy groups -OCH3 is 2. The van der Waals surface area contributed by atoms with Crippen molar-refractivity contribution >= 4 is 0 Å². The monoisotopic (exact) mass is 288 g/mol. The van der Waals surface area contributed by atoms with E-state index >= 15 is 0 Å². The summed E-state index contributed by atoms with van der Waals surface area (Å²) in [6, 6.07) is 14.3. The maximum atomic E-state index is 10.2. The summed E-state index contributed by atoms with van der Waals surface area (Å²) < 4.78 is 10.2. The Balaban J connectivity index is 2.01. The molecule has 0 unspecified atom stereocenters. The molecule has 0 aromatic heterocycles. The highest BCUT2D eigenvalue weighted by Crippen LogP contribution is 2.28. The Morgan fingerprint density at radius 1 is 0.714 bits per heavy atom. The van der Waals surface area contributed by atoms with Gasteiger partial charge in [-0.1, -0.05) is 24.3 Å². The summed E-state index contributed by atoms with van der Waals surface area (Å²) in [6.45, 7) is 0. The minimum atomic E-state index is -0.729. The molecule has 0 aliphatic heterocycles. The highest BCUT2D eigenvalue weighted by Gasteiger charge is 2.15. The number of hydrogen-bond acceptors (Lipinski definition) is 4. The van der Waals surface area contributed by atoms with Gasteiger partial charge in [-0.2, -0.15) is 0 Å². The van der Waals surface area contributed by atoms with Crippen molar-refractivity contribution in [1.29, 1.82) is 0 Å². The number of aliphatic hydroxyl groups excluding tert-OH is 2. The van der Waals surface area contributed by atoms with E-state index in [0.717, 1.165) is 22.6 Å². The molecule has 2 aromatic rings. The number of hydrogen-bond donors (Lipinski definition) is 2. The molecule has 0 heterocycles. The van der Waals surface area contributed by atoms with Crippen molar-refractivity contribution in [3.63, 3.8) is 0 Å². The van der Waals surface area contributed by atoms with Gasteiger partial charge in [-0.3, -0.25) is 0 Å². The molecule has 0 saturated carbocycles. The van der Waals surface area contributed by atoms with Crippen LogP contribution in [0.2, 0.25) is 0 Å². The first-order valence-corrected chi connectivity index (χ1v) is 6.78. The van der Waals surface area contributed by atoms with E-state index in [1.807, 2.05) is 0 Å². The van der Waals surface area contributed by atoms with Crippen molar-refractivity contribution < 1.29 is 19.7 Å². The first kappa shape index (κ1) is 15.4. The molecule has 0 fully saturated rings. The normalized spacial score (nSPS) is 13.5. The predicted molar refractivity (Wildman–Crippen MR) is 80.5 cm³/mol. The zero-order chi connectivity index (χ0) is 15.2. The third-order valence-electron chi connectivity index (χ3n) is 3.45. The Morgan fingerprint density at radius 2 is 1.05 bits per heavy atom. The molecule has 0 amide bonds. The van der Waals surface area contributed by atoms with Crippen LogP contribution in [0.25, 0.3) is 0 Å². The smallest absolute Gasteiger partial charge is 0.118 e. The molecule has 0 spiro atoms. The molecule has 0 saturated heterocycles. The standard InChI is InChI=1S/C17H20O4/c1-20-14-7-3-12(4-8-14)16(18)11-17(19)13-5-9-15(21-2)10-6-13/h3-10,16-19H,11H2,1-2H3/t16-,17-/m1/s1. The maximum Gasteiger partial charge on any atom is 0.118 e. The molecular formula is C17H20O4. The van der Waals surface area contributed by atoms with Crippen LogP contribution in [0.3, 0.4) is 0 Å². The third kappa shape index (κ3) is 3.97. The fraction of sp³-hybridized carbons (Fsp3) is 0.294. The lowest BCUT2D eigenvalue weighted by Gasteiger charge is -2.17. The summed E-state index contributed by atoms with van der Waals surface area (Å²) >= 11 is 0. The van der Waals surface area contributed by atoms with Crippen LogP contribution in [0, 0.1) is 0 Å². The van der Waals surface area contributed by atoms with E-state index < -0.39 is 12.2 Å². The van der Waals surface area contributed by atoms with Crippen LogP contribution in [0.5, 0.6) is 11.5 Å². The Labute approximate surface area is 124 Å². The van der Waals surface area contributed by atoms with Gasteiger partial charge in [0, 0.05) is 6.42 Å². The molecule has 112 valence electrons. The molecule has 0 aliphatic carbocycles. The highest BCUT2D eigenvalue weighted by molar-refractivity contribution is 5.30. The lowest BCUT2D eigenvalue weighted by atomic mass is 9.99. The third-order valence-corrected chi connectivity index (χ3v) is 3.45. The zero-order valence-corrected chi connectivity index (χ0v) is 12.2. The minimum absolute atomic E-state index is 0.235. The van der Waals surface area contributed by atoms with Crippen molar-refractivity contribution in [3.05, 3.63) is 59.7 Å². The van der Waals surface area contributed by atoms with Gasteiger partial charge in [0.2, 0.25) is 0 Å². The first-order chi connectivity index (χ1) is 10.1. The second-order valence-corrected chi connectivity index (χ2v) is 4.81. The number of aliphatic hydroxyl groups is 2.